The summed E-state index contributed by atoms with van der Waals surface area (Å²) in [6.45, 7) is 0. The van der Waals surface area contributed by atoms with Crippen LogP contribution in [0.4, 0.5) is 0 Å². The van der Waals surface area contributed by atoms with E-state index in [-0.39, 0.29) is 0 Å². The molecule has 0 radical (unpaired) electrons. The standard InChI is InChI=1S/C30H30I2O6/c1-33-23-15-25(35-3)29(26(16-23)36-4)31-21-11-7-19(8-12-21)20-9-13-22(14-10-20)32-30-27(37-5)17-24(34-2)18-28(30)38-6/h7-18H,1-6H3/q+2. The van der Waals surface area contributed by atoms with Crippen LogP contribution in [0.25, 0.3) is 11.1 Å². The molecule has 0 aliphatic heterocycles. The molecule has 198 valence electrons. The lowest BCUT2D eigenvalue weighted by atomic mass is 10.1. The van der Waals surface area contributed by atoms with Gasteiger partial charge in [-0.3, -0.25) is 0 Å². The summed E-state index contributed by atoms with van der Waals surface area (Å²) in [5.41, 5.74) is 2.35. The lowest BCUT2D eigenvalue weighted by Crippen LogP contribution is -3.61. The summed E-state index contributed by atoms with van der Waals surface area (Å²) >= 11 is -1.02. The van der Waals surface area contributed by atoms with Crippen molar-refractivity contribution in [2.75, 3.05) is 42.7 Å². The number of rotatable bonds is 11. The first-order chi connectivity index (χ1) is 18.5. The fourth-order valence-corrected chi connectivity index (χ4v) is 8.99. The normalized spacial score (nSPS) is 10.6. The molecule has 0 N–H and O–H groups in total. The largest absolute Gasteiger partial charge is 0.496 e. The molecule has 0 spiro atoms. The minimum Gasteiger partial charge on any atom is -0.496 e. The third kappa shape index (κ3) is 6.40. The second kappa shape index (κ2) is 13.3. The fraction of sp³-hybridized carbons (Fsp3) is 0.200. The molecule has 0 amide bonds. The van der Waals surface area contributed by atoms with E-state index in [9.17, 15) is 0 Å². The summed E-state index contributed by atoms with van der Waals surface area (Å²) < 4.78 is 38.1. The van der Waals surface area contributed by atoms with Gasteiger partial charge in [0.05, 0.1) is 42.7 Å². The van der Waals surface area contributed by atoms with Gasteiger partial charge in [0.15, 0.2) is 30.1 Å². The van der Waals surface area contributed by atoms with E-state index in [4.69, 9.17) is 28.4 Å². The Kier molecular flexibility index (Phi) is 9.84. The predicted octanol–water partition coefficient (Wildman–Crippen LogP) is -0.338. The Balaban J connectivity index is 1.52. The zero-order valence-electron chi connectivity index (χ0n) is 22.1. The van der Waals surface area contributed by atoms with Crippen LogP contribution in [0.1, 0.15) is 0 Å². The van der Waals surface area contributed by atoms with Crippen molar-refractivity contribution in [3.63, 3.8) is 0 Å². The highest BCUT2D eigenvalue weighted by atomic mass is 127. The van der Waals surface area contributed by atoms with Crippen LogP contribution in [-0.4, -0.2) is 42.7 Å². The molecular weight excluding hydrogens is 710 g/mol. The van der Waals surface area contributed by atoms with Gasteiger partial charge in [-0.25, -0.2) is 0 Å². The average molecular weight is 740 g/mol. The third-order valence-electron chi connectivity index (χ3n) is 5.74. The summed E-state index contributed by atoms with van der Waals surface area (Å²) in [6, 6.07) is 25.1. The quantitative estimate of drug-likeness (QED) is 0.197. The summed E-state index contributed by atoms with van der Waals surface area (Å²) in [5.74, 6) is 4.61. The van der Waals surface area contributed by atoms with E-state index in [1.807, 2.05) is 24.3 Å². The smallest absolute Gasteiger partial charge is 0.366 e. The van der Waals surface area contributed by atoms with Crippen LogP contribution in [0, 0.1) is 14.3 Å². The Morgan fingerprint density at radius 1 is 0.395 bits per heavy atom. The highest BCUT2D eigenvalue weighted by Crippen LogP contribution is 2.29. The third-order valence-corrected chi connectivity index (χ3v) is 11.6. The highest BCUT2D eigenvalue weighted by molar-refractivity contribution is 5.62. The maximum atomic E-state index is 5.64. The Bertz CT molecular complexity index is 1210. The lowest BCUT2D eigenvalue weighted by molar-refractivity contribution is -0.599. The molecule has 0 fully saturated rings. The topological polar surface area (TPSA) is 55.4 Å². The molecule has 4 aromatic carbocycles. The molecule has 0 bridgehead atoms. The van der Waals surface area contributed by atoms with Crippen molar-refractivity contribution in [2.45, 2.75) is 0 Å². The number of ether oxygens (including phenoxy) is 6. The van der Waals surface area contributed by atoms with Crippen molar-refractivity contribution < 1.29 is 70.8 Å². The van der Waals surface area contributed by atoms with Crippen molar-refractivity contribution in [3.05, 3.63) is 87.1 Å². The van der Waals surface area contributed by atoms with Crippen LogP contribution in [0.3, 0.4) is 0 Å². The van der Waals surface area contributed by atoms with Crippen molar-refractivity contribution >= 4 is 0 Å². The van der Waals surface area contributed by atoms with Crippen molar-refractivity contribution in [1.29, 1.82) is 0 Å². The fourth-order valence-electron chi connectivity index (χ4n) is 3.74. The van der Waals surface area contributed by atoms with E-state index in [0.29, 0.717) is 0 Å². The van der Waals surface area contributed by atoms with Crippen LogP contribution < -0.4 is 70.8 Å². The molecule has 0 saturated carbocycles. The summed E-state index contributed by atoms with van der Waals surface area (Å²) in [5, 5.41) is 0. The molecule has 0 atom stereocenters. The summed E-state index contributed by atoms with van der Waals surface area (Å²) in [6.07, 6.45) is 0. The lowest BCUT2D eigenvalue weighted by Gasteiger charge is -2.08. The molecule has 0 aromatic heterocycles. The van der Waals surface area contributed by atoms with E-state index >= 15 is 0 Å². The van der Waals surface area contributed by atoms with Crippen LogP contribution >= 0.6 is 0 Å². The molecule has 0 saturated heterocycles. The van der Waals surface area contributed by atoms with Gasteiger partial charge in [-0.1, -0.05) is 0 Å². The number of benzene rings is 4. The molecular formula is C30H30I2O6+2. The Hall–Kier alpha value is -2.86. The SMILES string of the molecule is COc1cc(OC)c([I+]c2ccc(-c3ccc([I+]c4c(OC)cc(OC)cc4OC)cc3)cc2)c(OC)c1. The number of hydrogen-bond donors (Lipinski definition) is 0. The molecule has 38 heavy (non-hydrogen) atoms. The van der Waals surface area contributed by atoms with E-state index in [1.165, 1.54) is 18.3 Å². The zero-order chi connectivity index (χ0) is 27.1. The Labute approximate surface area is 244 Å². The van der Waals surface area contributed by atoms with Crippen LogP contribution in [0.15, 0.2) is 72.8 Å². The van der Waals surface area contributed by atoms with E-state index in [0.717, 1.165) is 41.6 Å². The maximum absolute atomic E-state index is 5.64. The number of halogens is 2. The minimum absolute atomic E-state index is 0.510. The number of methoxy groups -OCH3 is 6. The van der Waals surface area contributed by atoms with Gasteiger partial charge >= 0.3 is 42.4 Å². The second-order valence-corrected chi connectivity index (χ2v) is 13.6. The molecule has 0 heterocycles. The summed E-state index contributed by atoms with van der Waals surface area (Å²) in [4.78, 5) is 0. The van der Waals surface area contributed by atoms with Crippen LogP contribution in [0.2, 0.25) is 0 Å². The zero-order valence-corrected chi connectivity index (χ0v) is 26.4. The average Bonchev–Trinajstić information content (AvgIpc) is 2.97. The second-order valence-electron chi connectivity index (χ2n) is 7.89. The van der Waals surface area contributed by atoms with Crippen molar-refractivity contribution in [1.82, 2.24) is 0 Å². The molecule has 0 aliphatic rings. The van der Waals surface area contributed by atoms with Gasteiger partial charge in [0.1, 0.15) is 11.5 Å². The van der Waals surface area contributed by atoms with Crippen molar-refractivity contribution in [2.24, 2.45) is 0 Å². The van der Waals surface area contributed by atoms with Gasteiger partial charge in [0.25, 0.3) is 7.14 Å². The Morgan fingerprint density at radius 2 is 0.684 bits per heavy atom. The van der Waals surface area contributed by atoms with E-state index in [1.54, 1.807) is 42.7 Å². The van der Waals surface area contributed by atoms with Gasteiger partial charge in [0.2, 0.25) is 0 Å². The van der Waals surface area contributed by atoms with E-state index in [2.05, 4.69) is 48.5 Å². The van der Waals surface area contributed by atoms with Crippen LogP contribution in [0.5, 0.6) is 34.5 Å². The maximum Gasteiger partial charge on any atom is 0.366 e. The van der Waals surface area contributed by atoms with Gasteiger partial charge in [-0.05, 0) is 59.7 Å². The summed E-state index contributed by atoms with van der Waals surface area (Å²) in [7, 11) is 9.99. The van der Waals surface area contributed by atoms with Gasteiger partial charge in [0, 0.05) is 24.3 Å². The molecule has 6 nitrogen and oxygen atoms in total. The first-order valence-corrected chi connectivity index (χ1v) is 15.9. The first-order valence-electron chi connectivity index (χ1n) is 11.6. The van der Waals surface area contributed by atoms with Gasteiger partial charge in [-0.2, -0.15) is 0 Å². The van der Waals surface area contributed by atoms with Crippen molar-refractivity contribution in [3.8, 4) is 45.6 Å². The molecule has 4 rings (SSSR count). The molecule has 4 aromatic rings. The highest BCUT2D eigenvalue weighted by Gasteiger charge is 2.29. The molecule has 8 heteroatoms. The van der Waals surface area contributed by atoms with Crippen LogP contribution in [-0.2, 0) is 0 Å². The van der Waals surface area contributed by atoms with Gasteiger partial charge in [-0.15, -0.1) is 0 Å². The molecule has 0 aliphatic carbocycles. The Morgan fingerprint density at radius 3 is 0.921 bits per heavy atom. The predicted molar refractivity (Wildman–Crippen MR) is 139 cm³/mol. The monoisotopic (exact) mass is 740 g/mol. The van der Waals surface area contributed by atoms with Gasteiger partial charge < -0.3 is 28.4 Å². The van der Waals surface area contributed by atoms with E-state index < -0.39 is 42.4 Å². The minimum atomic E-state index is -0.510. The first kappa shape index (κ1) is 28.2. The molecule has 0 unspecified atom stereocenters. The number of hydrogen-bond acceptors (Lipinski definition) is 6.